The fraction of sp³-hybridized carbons (Fsp3) is 0.174. The largest absolute Gasteiger partial charge is 0.311 e. The van der Waals surface area contributed by atoms with E-state index < -0.39 is 10.0 Å². The highest BCUT2D eigenvalue weighted by Gasteiger charge is 2.23. The van der Waals surface area contributed by atoms with E-state index in [9.17, 15) is 13.2 Å². The van der Waals surface area contributed by atoms with Crippen LogP contribution in [0.1, 0.15) is 21.5 Å². The number of anilines is 2. The average Bonchev–Trinajstić information content (AvgIpc) is 2.72. The molecule has 0 aliphatic carbocycles. The van der Waals surface area contributed by atoms with Crippen molar-refractivity contribution in [2.24, 2.45) is 0 Å². The fourth-order valence-corrected chi connectivity index (χ4v) is 4.23. The second-order valence-corrected chi connectivity index (χ2v) is 9.01. The second kappa shape index (κ2) is 8.09. The molecule has 3 rings (SSSR count). The highest BCUT2D eigenvalue weighted by Crippen LogP contribution is 2.24. The maximum Gasteiger partial charge on any atom is 0.264 e. The summed E-state index contributed by atoms with van der Waals surface area (Å²) in [5.74, 6) is -0.273. The molecule has 0 unspecified atom stereocenters. The first kappa shape index (κ1) is 20.6. The third-order valence-electron chi connectivity index (χ3n) is 4.83. The molecule has 0 heterocycles. The Morgan fingerprint density at radius 3 is 2.07 bits per heavy atom. The lowest BCUT2D eigenvalue weighted by molar-refractivity contribution is 0.0993. The molecule has 0 saturated heterocycles. The van der Waals surface area contributed by atoms with Gasteiger partial charge >= 0.3 is 0 Å². The Balaban J connectivity index is 1.92. The molecule has 0 atom stereocenters. The Morgan fingerprint density at radius 2 is 1.41 bits per heavy atom. The lowest BCUT2D eigenvalue weighted by Gasteiger charge is -2.21. The van der Waals surface area contributed by atoms with Crippen LogP contribution in [-0.4, -0.2) is 28.4 Å². The first-order valence-electron chi connectivity index (χ1n) is 9.20. The molecule has 3 aromatic carbocycles. The average molecular weight is 409 g/mol. The number of carbonyl (C=O) groups excluding carboxylic acids is 1. The molecular weight excluding hydrogens is 384 g/mol. The maximum absolute atomic E-state index is 13.1. The molecule has 5 nitrogen and oxygen atoms in total. The minimum Gasteiger partial charge on any atom is -0.311 e. The summed E-state index contributed by atoms with van der Waals surface area (Å²) in [5.41, 5.74) is 3.71. The number of carbonyl (C=O) groups is 1. The number of sulfonamides is 1. The van der Waals surface area contributed by atoms with Crippen LogP contribution in [0.5, 0.6) is 0 Å². The van der Waals surface area contributed by atoms with E-state index in [2.05, 4.69) is 0 Å². The van der Waals surface area contributed by atoms with E-state index in [1.54, 1.807) is 31.3 Å². The Hall–Kier alpha value is -3.12. The zero-order chi connectivity index (χ0) is 21.2. The summed E-state index contributed by atoms with van der Waals surface area (Å²) in [6.07, 6.45) is 0. The molecule has 0 spiro atoms. The summed E-state index contributed by atoms with van der Waals surface area (Å²) in [6.45, 7) is 3.90. The second-order valence-electron chi connectivity index (χ2n) is 7.04. The zero-order valence-corrected chi connectivity index (χ0v) is 17.8. The maximum atomic E-state index is 13.1. The van der Waals surface area contributed by atoms with E-state index in [1.165, 1.54) is 28.4 Å². The highest BCUT2D eigenvalue weighted by molar-refractivity contribution is 7.92. The van der Waals surface area contributed by atoms with Crippen molar-refractivity contribution in [2.45, 2.75) is 18.7 Å². The number of benzene rings is 3. The number of aryl methyl sites for hydroxylation is 2. The van der Waals surface area contributed by atoms with Gasteiger partial charge in [0.15, 0.2) is 0 Å². The number of nitrogens with zero attached hydrogens (tertiary/aromatic N) is 2. The van der Waals surface area contributed by atoms with E-state index >= 15 is 0 Å². The summed E-state index contributed by atoms with van der Waals surface area (Å²) in [4.78, 5) is 14.5. The molecule has 29 heavy (non-hydrogen) atoms. The molecule has 0 aliphatic rings. The van der Waals surface area contributed by atoms with Crippen LogP contribution in [-0.2, 0) is 10.0 Å². The Kier molecular flexibility index (Phi) is 5.75. The zero-order valence-electron chi connectivity index (χ0n) is 17.0. The molecule has 1 amide bonds. The van der Waals surface area contributed by atoms with E-state index in [0.717, 1.165) is 16.8 Å². The molecule has 0 fully saturated rings. The molecule has 0 aliphatic heterocycles. The van der Waals surface area contributed by atoms with Crippen molar-refractivity contribution in [3.63, 3.8) is 0 Å². The van der Waals surface area contributed by atoms with Gasteiger partial charge in [-0.3, -0.25) is 9.10 Å². The van der Waals surface area contributed by atoms with Crippen LogP contribution in [0.2, 0.25) is 0 Å². The molecule has 3 aromatic rings. The van der Waals surface area contributed by atoms with Gasteiger partial charge in [0.2, 0.25) is 0 Å². The molecular formula is C23H24N2O3S. The smallest absolute Gasteiger partial charge is 0.264 e. The van der Waals surface area contributed by atoms with Gasteiger partial charge in [-0.05, 0) is 61.9 Å². The molecule has 6 heteroatoms. The molecule has 0 bridgehead atoms. The van der Waals surface area contributed by atoms with Crippen molar-refractivity contribution in [3.05, 3.63) is 89.5 Å². The summed E-state index contributed by atoms with van der Waals surface area (Å²) >= 11 is 0. The van der Waals surface area contributed by atoms with Gasteiger partial charge in [-0.2, -0.15) is 0 Å². The van der Waals surface area contributed by atoms with Crippen LogP contribution in [0.15, 0.2) is 77.7 Å². The van der Waals surface area contributed by atoms with E-state index in [1.807, 2.05) is 50.2 Å². The van der Waals surface area contributed by atoms with Gasteiger partial charge in [-0.15, -0.1) is 0 Å². The molecule has 0 aromatic heterocycles. The van der Waals surface area contributed by atoms with Crippen molar-refractivity contribution >= 4 is 27.3 Å². The van der Waals surface area contributed by atoms with Crippen LogP contribution in [0.4, 0.5) is 11.4 Å². The van der Waals surface area contributed by atoms with Crippen molar-refractivity contribution < 1.29 is 13.2 Å². The predicted octanol–water partition coefficient (Wildman–Crippen LogP) is 4.41. The summed E-state index contributed by atoms with van der Waals surface area (Å²) in [7, 11) is -0.611. The highest BCUT2D eigenvalue weighted by atomic mass is 32.2. The Bertz CT molecular complexity index is 1140. The van der Waals surface area contributed by atoms with Gasteiger partial charge in [-0.25, -0.2) is 8.42 Å². The third-order valence-corrected chi connectivity index (χ3v) is 6.61. The molecule has 0 N–H and O–H groups in total. The summed E-state index contributed by atoms with van der Waals surface area (Å²) in [6, 6.07) is 21.0. The van der Waals surface area contributed by atoms with E-state index in [0.29, 0.717) is 11.3 Å². The minimum absolute atomic E-state index is 0.0732. The van der Waals surface area contributed by atoms with Crippen molar-refractivity contribution in [1.29, 1.82) is 0 Å². The van der Waals surface area contributed by atoms with Crippen LogP contribution in [0.25, 0.3) is 0 Å². The van der Waals surface area contributed by atoms with E-state index in [4.69, 9.17) is 0 Å². The third kappa shape index (κ3) is 4.32. The molecule has 150 valence electrons. The van der Waals surface area contributed by atoms with Crippen molar-refractivity contribution in [3.8, 4) is 0 Å². The van der Waals surface area contributed by atoms with Gasteiger partial charge in [0.1, 0.15) is 0 Å². The standard InChI is InChI=1S/C23H24N2O3S/c1-17-11-13-20(14-12-17)25(4)29(27,28)22-10-6-8-19(16-22)23(26)24(3)21-9-5-7-18(2)15-21/h5-16H,1-4H3. The first-order chi connectivity index (χ1) is 13.7. The quantitative estimate of drug-likeness (QED) is 0.629. The summed E-state index contributed by atoms with van der Waals surface area (Å²) < 4.78 is 27.4. The number of amides is 1. The van der Waals surface area contributed by atoms with Crippen molar-refractivity contribution in [1.82, 2.24) is 0 Å². The van der Waals surface area contributed by atoms with Crippen LogP contribution in [0.3, 0.4) is 0 Å². The van der Waals surface area contributed by atoms with Gasteiger partial charge in [0, 0.05) is 25.3 Å². The SMILES string of the molecule is Cc1ccc(N(C)S(=O)(=O)c2cccc(C(=O)N(C)c3cccc(C)c3)c2)cc1. The molecule has 0 radical (unpaired) electrons. The van der Waals surface area contributed by atoms with Gasteiger partial charge < -0.3 is 4.90 Å². The van der Waals surface area contributed by atoms with Crippen LogP contribution < -0.4 is 9.21 Å². The minimum atomic E-state index is -3.80. The van der Waals surface area contributed by atoms with Gasteiger partial charge in [-0.1, -0.05) is 35.9 Å². The van der Waals surface area contributed by atoms with Crippen LogP contribution in [0, 0.1) is 13.8 Å². The van der Waals surface area contributed by atoms with Crippen LogP contribution >= 0.6 is 0 Å². The monoisotopic (exact) mass is 408 g/mol. The number of hydrogen-bond acceptors (Lipinski definition) is 3. The van der Waals surface area contributed by atoms with Gasteiger partial charge in [0.05, 0.1) is 10.6 Å². The summed E-state index contributed by atoms with van der Waals surface area (Å²) in [5, 5.41) is 0. The lowest BCUT2D eigenvalue weighted by atomic mass is 10.1. The number of hydrogen-bond donors (Lipinski definition) is 0. The number of rotatable bonds is 5. The first-order valence-corrected chi connectivity index (χ1v) is 10.6. The Morgan fingerprint density at radius 1 is 0.759 bits per heavy atom. The van der Waals surface area contributed by atoms with E-state index in [-0.39, 0.29) is 10.8 Å². The lowest BCUT2D eigenvalue weighted by Crippen LogP contribution is -2.28. The topological polar surface area (TPSA) is 57.7 Å². The fourth-order valence-electron chi connectivity index (χ4n) is 2.99. The Labute approximate surface area is 172 Å². The van der Waals surface area contributed by atoms with Crippen molar-refractivity contribution in [2.75, 3.05) is 23.3 Å². The predicted molar refractivity (Wildman–Crippen MR) is 117 cm³/mol. The normalized spacial score (nSPS) is 11.2. The molecule has 0 saturated carbocycles. The van der Waals surface area contributed by atoms with Gasteiger partial charge in [0.25, 0.3) is 15.9 Å².